The van der Waals surface area contributed by atoms with Gasteiger partial charge in [0.2, 0.25) is 0 Å². The van der Waals surface area contributed by atoms with Gasteiger partial charge in [-0.05, 0) is 71.1 Å². The molecular formula is C20H20F2INO4. The molecule has 1 aliphatic rings. The van der Waals surface area contributed by atoms with Crippen molar-refractivity contribution in [3.8, 4) is 5.75 Å². The minimum Gasteiger partial charge on any atom is -0.489 e. The fourth-order valence-corrected chi connectivity index (χ4v) is 3.59. The highest BCUT2D eigenvalue weighted by molar-refractivity contribution is 14.1. The van der Waals surface area contributed by atoms with Crippen molar-refractivity contribution < 1.29 is 27.8 Å². The molecule has 2 aromatic rings. The summed E-state index contributed by atoms with van der Waals surface area (Å²) in [5.41, 5.74) is 1.24. The van der Waals surface area contributed by atoms with Gasteiger partial charge in [-0.1, -0.05) is 0 Å². The molecule has 150 valence electrons. The van der Waals surface area contributed by atoms with Crippen molar-refractivity contribution in [1.29, 1.82) is 0 Å². The summed E-state index contributed by atoms with van der Waals surface area (Å²) in [6.07, 6.45) is 0.392. The van der Waals surface area contributed by atoms with Gasteiger partial charge in [-0.3, -0.25) is 0 Å². The maximum Gasteiger partial charge on any atom is 0.345 e. The van der Waals surface area contributed by atoms with Crippen LogP contribution < -0.4 is 9.64 Å². The fraction of sp³-hybridized carbons (Fsp3) is 0.350. The van der Waals surface area contributed by atoms with Gasteiger partial charge in [-0.25, -0.2) is 4.79 Å². The van der Waals surface area contributed by atoms with Gasteiger partial charge >= 0.3 is 12.6 Å². The molecule has 0 bridgehead atoms. The molecule has 1 heterocycles. The lowest BCUT2D eigenvalue weighted by molar-refractivity contribution is -0.131. The molecule has 0 aromatic heterocycles. The molecular weight excluding hydrogens is 483 g/mol. The van der Waals surface area contributed by atoms with E-state index in [1.165, 1.54) is 7.11 Å². The second-order valence-electron chi connectivity index (χ2n) is 6.37. The zero-order valence-electron chi connectivity index (χ0n) is 15.2. The predicted octanol–water partition coefficient (Wildman–Crippen LogP) is 4.34. The van der Waals surface area contributed by atoms with Crippen LogP contribution in [0.25, 0.3) is 0 Å². The van der Waals surface area contributed by atoms with E-state index in [1.807, 2.05) is 29.2 Å². The molecule has 2 atom stereocenters. The van der Waals surface area contributed by atoms with Crippen LogP contribution in [-0.2, 0) is 9.47 Å². The first-order valence-electron chi connectivity index (χ1n) is 8.73. The molecule has 1 saturated heterocycles. The van der Waals surface area contributed by atoms with Gasteiger partial charge in [0.25, 0.3) is 0 Å². The van der Waals surface area contributed by atoms with Crippen LogP contribution in [0.15, 0.2) is 48.5 Å². The molecule has 0 N–H and O–H groups in total. The van der Waals surface area contributed by atoms with Crippen LogP contribution in [0.1, 0.15) is 16.8 Å². The Morgan fingerprint density at radius 3 is 2.46 bits per heavy atom. The number of esters is 1. The lowest BCUT2D eigenvalue weighted by Crippen LogP contribution is -2.34. The zero-order valence-corrected chi connectivity index (χ0v) is 17.3. The first kappa shape index (κ1) is 20.8. The average molecular weight is 503 g/mol. The van der Waals surface area contributed by atoms with Crippen LogP contribution in [-0.4, -0.2) is 45.0 Å². The van der Waals surface area contributed by atoms with Crippen molar-refractivity contribution in [3.05, 3.63) is 57.7 Å². The van der Waals surface area contributed by atoms with Gasteiger partial charge < -0.3 is 19.1 Å². The van der Waals surface area contributed by atoms with Crippen molar-refractivity contribution in [2.24, 2.45) is 0 Å². The highest BCUT2D eigenvalue weighted by Crippen LogP contribution is 2.29. The summed E-state index contributed by atoms with van der Waals surface area (Å²) in [7, 11) is 1.32. The van der Waals surface area contributed by atoms with E-state index >= 15 is 0 Å². The van der Waals surface area contributed by atoms with Crippen molar-refractivity contribution >= 4 is 34.2 Å². The summed E-state index contributed by atoms with van der Waals surface area (Å²) in [6.45, 7) is -2.40. The first-order valence-corrected chi connectivity index (χ1v) is 9.81. The van der Waals surface area contributed by atoms with Crippen LogP contribution >= 0.6 is 22.6 Å². The molecule has 0 aliphatic carbocycles. The van der Waals surface area contributed by atoms with Crippen molar-refractivity contribution in [3.63, 3.8) is 0 Å². The molecule has 5 nitrogen and oxygen atoms in total. The molecule has 0 spiro atoms. The van der Waals surface area contributed by atoms with Crippen molar-refractivity contribution in [2.75, 3.05) is 25.2 Å². The molecule has 2 aromatic carbocycles. The van der Waals surface area contributed by atoms with E-state index in [0.29, 0.717) is 18.5 Å². The number of benzene rings is 2. The second-order valence-corrected chi connectivity index (χ2v) is 7.61. The second kappa shape index (κ2) is 9.51. The van der Waals surface area contributed by atoms with E-state index < -0.39 is 12.6 Å². The number of hydrogen-bond donors (Lipinski definition) is 0. The SMILES string of the molecule is COC(=O)c1ccc(N2C[C@@H](Oc3ccc(I)cc3)C[C@H]2COC(F)F)cc1. The zero-order chi connectivity index (χ0) is 20.1. The number of methoxy groups -OCH3 is 1. The monoisotopic (exact) mass is 503 g/mol. The average Bonchev–Trinajstić information content (AvgIpc) is 3.10. The van der Waals surface area contributed by atoms with Crippen LogP contribution in [0.2, 0.25) is 0 Å². The Kier molecular flexibility index (Phi) is 7.06. The van der Waals surface area contributed by atoms with E-state index in [-0.39, 0.29) is 18.8 Å². The number of carbonyl (C=O) groups excluding carboxylic acids is 1. The van der Waals surface area contributed by atoms with Crippen molar-refractivity contribution in [2.45, 2.75) is 25.2 Å². The fourth-order valence-electron chi connectivity index (χ4n) is 3.23. The third-order valence-corrected chi connectivity index (χ3v) is 5.25. The summed E-state index contributed by atoms with van der Waals surface area (Å²) in [5, 5.41) is 0. The number of alkyl halides is 2. The Hall–Kier alpha value is -1.94. The molecule has 0 unspecified atom stereocenters. The van der Waals surface area contributed by atoms with Gasteiger partial charge in [0.1, 0.15) is 11.9 Å². The number of nitrogens with zero attached hydrogens (tertiary/aromatic N) is 1. The molecule has 3 rings (SSSR count). The summed E-state index contributed by atoms with van der Waals surface area (Å²) in [4.78, 5) is 13.6. The third-order valence-electron chi connectivity index (χ3n) is 4.53. The number of rotatable bonds is 7. The number of ether oxygens (including phenoxy) is 3. The van der Waals surface area contributed by atoms with E-state index in [4.69, 9.17) is 9.47 Å². The van der Waals surface area contributed by atoms with Gasteiger partial charge in [-0.15, -0.1) is 0 Å². The first-order chi connectivity index (χ1) is 13.5. The standard InChI is InChI=1S/C20H20F2INO4/c1-26-19(25)13-2-6-15(7-3-13)24-11-18(10-16(24)12-27-20(21)22)28-17-8-4-14(23)5-9-17/h2-9,16,18,20H,10-12H2,1H3/t16-,18-/m0/s1. The highest BCUT2D eigenvalue weighted by Gasteiger charge is 2.34. The lowest BCUT2D eigenvalue weighted by Gasteiger charge is -2.26. The summed E-state index contributed by atoms with van der Waals surface area (Å²) in [6, 6.07) is 14.3. The van der Waals surface area contributed by atoms with Crippen LogP contribution in [0, 0.1) is 3.57 Å². The maximum absolute atomic E-state index is 12.6. The minimum absolute atomic E-state index is 0.108. The number of anilines is 1. The van der Waals surface area contributed by atoms with Crippen LogP contribution in [0.3, 0.4) is 0 Å². The number of hydrogen-bond acceptors (Lipinski definition) is 5. The molecule has 8 heteroatoms. The number of halogens is 3. The van der Waals surface area contributed by atoms with E-state index in [2.05, 4.69) is 27.3 Å². The molecule has 0 saturated carbocycles. The Bertz CT molecular complexity index is 786. The van der Waals surface area contributed by atoms with Gasteiger partial charge in [-0.2, -0.15) is 8.78 Å². The van der Waals surface area contributed by atoms with Crippen molar-refractivity contribution in [1.82, 2.24) is 0 Å². The minimum atomic E-state index is -2.82. The smallest absolute Gasteiger partial charge is 0.345 e. The quantitative estimate of drug-likeness (QED) is 0.416. The molecule has 28 heavy (non-hydrogen) atoms. The van der Waals surface area contributed by atoms with Gasteiger partial charge in [0, 0.05) is 15.7 Å². The third kappa shape index (κ3) is 5.32. The van der Waals surface area contributed by atoms with E-state index in [1.54, 1.807) is 24.3 Å². The van der Waals surface area contributed by atoms with Gasteiger partial charge in [0.15, 0.2) is 0 Å². The lowest BCUT2D eigenvalue weighted by atomic mass is 10.1. The predicted molar refractivity (Wildman–Crippen MR) is 109 cm³/mol. The molecule has 0 radical (unpaired) electrons. The Morgan fingerprint density at radius 2 is 1.86 bits per heavy atom. The largest absolute Gasteiger partial charge is 0.489 e. The Labute approximate surface area is 175 Å². The van der Waals surface area contributed by atoms with Crippen LogP contribution in [0.5, 0.6) is 5.75 Å². The maximum atomic E-state index is 12.6. The normalized spacial score (nSPS) is 19.1. The Morgan fingerprint density at radius 1 is 1.18 bits per heavy atom. The number of carbonyl (C=O) groups is 1. The van der Waals surface area contributed by atoms with E-state index in [9.17, 15) is 13.6 Å². The summed E-state index contributed by atoms with van der Waals surface area (Å²) < 4.78 is 41.5. The molecule has 1 aliphatic heterocycles. The van der Waals surface area contributed by atoms with Gasteiger partial charge in [0.05, 0.1) is 31.9 Å². The Balaban J connectivity index is 1.74. The summed E-state index contributed by atoms with van der Waals surface area (Å²) in [5.74, 6) is 0.312. The van der Waals surface area contributed by atoms with Crippen LogP contribution in [0.4, 0.5) is 14.5 Å². The highest BCUT2D eigenvalue weighted by atomic mass is 127. The topological polar surface area (TPSA) is 48.0 Å². The molecule has 0 amide bonds. The molecule has 1 fully saturated rings. The van der Waals surface area contributed by atoms with E-state index in [0.717, 1.165) is 15.0 Å². The summed E-state index contributed by atoms with van der Waals surface area (Å²) >= 11 is 2.22.